The highest BCUT2D eigenvalue weighted by Crippen LogP contribution is 2.35. The second-order valence-corrected chi connectivity index (χ2v) is 10.5. The number of fused-ring (bicyclic) bond motifs is 2. The number of H-pyrrole nitrogens is 2. The van der Waals surface area contributed by atoms with Gasteiger partial charge < -0.3 is 10.3 Å². The molecule has 0 saturated heterocycles. The molecule has 9 heteroatoms. The highest BCUT2D eigenvalue weighted by molar-refractivity contribution is 7.13. The zero-order valence-corrected chi connectivity index (χ0v) is 22.0. The van der Waals surface area contributed by atoms with Gasteiger partial charge in [-0.2, -0.15) is 9.49 Å². The molecular formula is C31H22FN7S. The topological polar surface area (TPSA) is 95.2 Å². The second-order valence-electron chi connectivity index (χ2n) is 9.45. The van der Waals surface area contributed by atoms with Crippen LogP contribution < -0.4 is 5.32 Å². The largest absolute Gasteiger partial charge is 0.358 e. The summed E-state index contributed by atoms with van der Waals surface area (Å²) in [6, 6.07) is 21.4. The van der Waals surface area contributed by atoms with Gasteiger partial charge in [-0.05, 0) is 42.0 Å². The molecule has 6 aromatic heterocycles. The molecule has 0 aliphatic carbocycles. The lowest BCUT2D eigenvalue weighted by Gasteiger charge is -2.11. The fourth-order valence-electron chi connectivity index (χ4n) is 4.85. The minimum atomic E-state index is -0.239. The Morgan fingerprint density at radius 3 is 2.65 bits per heavy atom. The Kier molecular flexibility index (Phi) is 5.90. The van der Waals surface area contributed by atoms with Crippen molar-refractivity contribution in [3.63, 3.8) is 0 Å². The maximum Gasteiger partial charge on any atom is 0.181 e. The number of aromatic nitrogens is 6. The summed E-state index contributed by atoms with van der Waals surface area (Å²) in [5.74, 6) is 0. The number of pyridine rings is 3. The molecule has 0 atom stereocenters. The molecule has 0 fully saturated rings. The zero-order valence-electron chi connectivity index (χ0n) is 21.1. The number of anilines is 1. The second kappa shape index (κ2) is 9.87. The predicted octanol–water partition coefficient (Wildman–Crippen LogP) is 7.60. The van der Waals surface area contributed by atoms with Gasteiger partial charge in [0.05, 0.1) is 33.8 Å². The van der Waals surface area contributed by atoms with Gasteiger partial charge in [-0.25, -0.2) is 4.98 Å². The van der Waals surface area contributed by atoms with Gasteiger partial charge in [-0.3, -0.25) is 15.1 Å². The van der Waals surface area contributed by atoms with E-state index in [0.717, 1.165) is 78.5 Å². The molecule has 3 N–H and O–H groups in total. The van der Waals surface area contributed by atoms with E-state index in [0.29, 0.717) is 5.65 Å². The minimum Gasteiger partial charge on any atom is -0.358 e. The van der Waals surface area contributed by atoms with Crippen LogP contribution in [0.15, 0.2) is 104 Å². The maximum atomic E-state index is 13.7. The van der Waals surface area contributed by atoms with Gasteiger partial charge in [0.2, 0.25) is 0 Å². The third-order valence-corrected chi connectivity index (χ3v) is 7.57. The van der Waals surface area contributed by atoms with Crippen molar-refractivity contribution in [3.05, 3.63) is 114 Å². The van der Waals surface area contributed by atoms with E-state index in [1.54, 1.807) is 24.7 Å². The monoisotopic (exact) mass is 543 g/mol. The first kappa shape index (κ1) is 23.9. The van der Waals surface area contributed by atoms with E-state index in [1.807, 2.05) is 42.6 Å². The molecule has 7 nitrogen and oxygen atoms in total. The number of allylic oxidation sites excluding steroid dienone is 1. The van der Waals surface area contributed by atoms with Crippen molar-refractivity contribution in [2.24, 2.45) is 0 Å². The standard InChI is InChI=1S/C31H22FN7S/c1-18(11-19-5-3-2-4-6-19)36-22-12-20(15-33-17-22)21-13-24-29(38-39-31(24)35-16-21)26-14-23-25(37-26)9-10-34-30(23)27-7-8-28(32)40-27/h2-10,12-17,36-37H,1,11H2,(H,35,38,39). The van der Waals surface area contributed by atoms with E-state index in [4.69, 9.17) is 0 Å². The molecule has 7 aromatic rings. The summed E-state index contributed by atoms with van der Waals surface area (Å²) in [6.45, 7) is 4.18. The first-order valence-electron chi connectivity index (χ1n) is 12.6. The summed E-state index contributed by atoms with van der Waals surface area (Å²) in [5.41, 5.74) is 8.65. The lowest BCUT2D eigenvalue weighted by Crippen LogP contribution is -2.02. The van der Waals surface area contributed by atoms with Crippen molar-refractivity contribution in [3.8, 4) is 33.1 Å². The van der Waals surface area contributed by atoms with Gasteiger partial charge in [0.25, 0.3) is 0 Å². The smallest absolute Gasteiger partial charge is 0.181 e. The molecule has 7 rings (SSSR count). The molecule has 194 valence electrons. The first-order valence-corrected chi connectivity index (χ1v) is 13.4. The molecule has 0 aliphatic rings. The van der Waals surface area contributed by atoms with E-state index in [9.17, 15) is 4.39 Å². The Bertz CT molecular complexity index is 2010. The van der Waals surface area contributed by atoms with Crippen LogP contribution in [0.3, 0.4) is 0 Å². The molecule has 40 heavy (non-hydrogen) atoms. The number of thiophene rings is 1. The van der Waals surface area contributed by atoms with E-state index in [-0.39, 0.29) is 5.13 Å². The number of nitrogens with zero attached hydrogens (tertiary/aromatic N) is 4. The van der Waals surface area contributed by atoms with Crippen LogP contribution >= 0.6 is 11.3 Å². The third-order valence-electron chi connectivity index (χ3n) is 6.69. The Labute approximate surface area is 232 Å². The number of benzene rings is 1. The van der Waals surface area contributed by atoms with Gasteiger partial charge >= 0.3 is 0 Å². The lowest BCUT2D eigenvalue weighted by atomic mass is 10.1. The molecule has 0 saturated carbocycles. The molecular weight excluding hydrogens is 521 g/mol. The summed E-state index contributed by atoms with van der Waals surface area (Å²) < 4.78 is 13.7. The minimum absolute atomic E-state index is 0.239. The molecule has 0 aliphatic heterocycles. The van der Waals surface area contributed by atoms with Crippen molar-refractivity contribution in [1.29, 1.82) is 0 Å². The molecule has 0 radical (unpaired) electrons. The number of aromatic amines is 2. The van der Waals surface area contributed by atoms with Crippen LogP contribution in [0.5, 0.6) is 0 Å². The van der Waals surface area contributed by atoms with Gasteiger partial charge in [0, 0.05) is 58.1 Å². The maximum absolute atomic E-state index is 13.7. The van der Waals surface area contributed by atoms with Gasteiger partial charge in [-0.15, -0.1) is 11.3 Å². The summed E-state index contributed by atoms with van der Waals surface area (Å²) in [6.07, 6.45) is 7.84. The van der Waals surface area contributed by atoms with E-state index in [2.05, 4.69) is 60.2 Å². The molecule has 0 amide bonds. The SMILES string of the molecule is C=C(Cc1ccccc1)Nc1cncc(-c2cnc3n[nH]c(-c4cc5c(-c6ccc(F)s6)nccc5[nH]4)c3c2)c1. The van der Waals surface area contributed by atoms with Crippen LogP contribution in [0.25, 0.3) is 55.0 Å². The first-order chi connectivity index (χ1) is 19.6. The highest BCUT2D eigenvalue weighted by Gasteiger charge is 2.16. The fraction of sp³-hybridized carbons (Fsp3) is 0.0323. The molecule has 6 heterocycles. The Balaban J connectivity index is 1.21. The van der Waals surface area contributed by atoms with Crippen LogP contribution in [0.1, 0.15) is 5.56 Å². The van der Waals surface area contributed by atoms with Crippen LogP contribution in [-0.4, -0.2) is 30.1 Å². The van der Waals surface area contributed by atoms with E-state index < -0.39 is 0 Å². The van der Waals surface area contributed by atoms with Crippen LogP contribution in [0, 0.1) is 5.13 Å². The number of nitrogens with one attached hydrogen (secondary N) is 3. The van der Waals surface area contributed by atoms with Crippen LogP contribution in [0.4, 0.5) is 10.1 Å². The Hall–Kier alpha value is -5.15. The summed E-state index contributed by atoms with van der Waals surface area (Å²) >= 11 is 1.08. The molecule has 0 spiro atoms. The van der Waals surface area contributed by atoms with Gasteiger partial charge in [-0.1, -0.05) is 36.9 Å². The molecule has 1 aromatic carbocycles. The Morgan fingerprint density at radius 2 is 1.80 bits per heavy atom. The van der Waals surface area contributed by atoms with E-state index >= 15 is 0 Å². The fourth-order valence-corrected chi connectivity index (χ4v) is 5.59. The molecule has 0 unspecified atom stereocenters. The lowest BCUT2D eigenvalue weighted by molar-refractivity contribution is 0.657. The summed E-state index contributed by atoms with van der Waals surface area (Å²) in [5, 5.41) is 12.5. The van der Waals surface area contributed by atoms with Crippen molar-refractivity contribution in [1.82, 2.24) is 30.1 Å². The number of hydrogen-bond acceptors (Lipinski definition) is 6. The quantitative estimate of drug-likeness (QED) is 0.192. The highest BCUT2D eigenvalue weighted by atomic mass is 32.1. The van der Waals surface area contributed by atoms with Crippen molar-refractivity contribution in [2.45, 2.75) is 6.42 Å². The van der Waals surface area contributed by atoms with Crippen LogP contribution in [0.2, 0.25) is 0 Å². The summed E-state index contributed by atoms with van der Waals surface area (Å²) in [4.78, 5) is 17.8. The number of hydrogen-bond donors (Lipinski definition) is 3. The van der Waals surface area contributed by atoms with Gasteiger partial charge in [0.1, 0.15) is 0 Å². The molecule has 0 bridgehead atoms. The third kappa shape index (κ3) is 4.52. The average molecular weight is 544 g/mol. The number of rotatable bonds is 7. The predicted molar refractivity (Wildman–Crippen MR) is 158 cm³/mol. The van der Waals surface area contributed by atoms with Crippen molar-refractivity contribution >= 4 is 39.0 Å². The summed E-state index contributed by atoms with van der Waals surface area (Å²) in [7, 11) is 0. The van der Waals surface area contributed by atoms with Gasteiger partial charge in [0.15, 0.2) is 10.8 Å². The van der Waals surface area contributed by atoms with Crippen molar-refractivity contribution in [2.75, 3.05) is 5.32 Å². The zero-order chi connectivity index (χ0) is 27.1. The normalized spacial score (nSPS) is 11.3. The van der Waals surface area contributed by atoms with E-state index in [1.165, 1.54) is 11.6 Å². The van der Waals surface area contributed by atoms with Crippen molar-refractivity contribution < 1.29 is 4.39 Å². The number of halogens is 1. The Morgan fingerprint density at radius 1 is 0.925 bits per heavy atom. The average Bonchev–Trinajstić information content (AvgIpc) is 3.71. The van der Waals surface area contributed by atoms with Crippen LogP contribution in [-0.2, 0) is 6.42 Å².